The third kappa shape index (κ3) is 3.58. The van der Waals surface area contributed by atoms with E-state index in [9.17, 15) is 0 Å². The van der Waals surface area contributed by atoms with E-state index in [1.807, 2.05) is 30.3 Å². The molecule has 0 radical (unpaired) electrons. The standard InChI is InChI=1S/C17H20N2O/c1-13-5-2-3-8-17(13)20-12-16-7-4-6-15(19-16)11-18-14-9-10-14/h2-8,14,18H,9-12H2,1H3. The first kappa shape index (κ1) is 13.1. The largest absolute Gasteiger partial charge is 0.487 e. The molecule has 1 N–H and O–H groups in total. The van der Waals surface area contributed by atoms with Crippen LogP contribution in [0.1, 0.15) is 29.8 Å². The summed E-state index contributed by atoms with van der Waals surface area (Å²) in [5, 5.41) is 3.48. The van der Waals surface area contributed by atoms with E-state index in [1.54, 1.807) is 0 Å². The van der Waals surface area contributed by atoms with Crippen LogP contribution in [-0.4, -0.2) is 11.0 Å². The lowest BCUT2D eigenvalue weighted by Gasteiger charge is -2.09. The third-order valence-corrected chi connectivity index (χ3v) is 3.48. The summed E-state index contributed by atoms with van der Waals surface area (Å²) in [5.41, 5.74) is 3.21. The first-order valence-corrected chi connectivity index (χ1v) is 7.18. The molecule has 1 heterocycles. The number of ether oxygens (including phenoxy) is 1. The van der Waals surface area contributed by atoms with Crippen LogP contribution in [-0.2, 0) is 13.2 Å². The van der Waals surface area contributed by atoms with Gasteiger partial charge in [0, 0.05) is 12.6 Å². The van der Waals surface area contributed by atoms with Crippen LogP contribution >= 0.6 is 0 Å². The Labute approximate surface area is 120 Å². The minimum Gasteiger partial charge on any atom is -0.487 e. The second-order valence-electron chi connectivity index (χ2n) is 5.33. The summed E-state index contributed by atoms with van der Waals surface area (Å²) < 4.78 is 5.83. The monoisotopic (exact) mass is 268 g/mol. The van der Waals surface area contributed by atoms with Gasteiger partial charge in [0.1, 0.15) is 12.4 Å². The Morgan fingerprint density at radius 3 is 2.70 bits per heavy atom. The predicted octanol–water partition coefficient (Wildman–Crippen LogP) is 3.22. The van der Waals surface area contributed by atoms with Gasteiger partial charge in [-0.05, 0) is 43.5 Å². The zero-order valence-electron chi connectivity index (χ0n) is 11.8. The van der Waals surface area contributed by atoms with Crippen molar-refractivity contribution < 1.29 is 4.74 Å². The van der Waals surface area contributed by atoms with E-state index in [0.717, 1.165) is 29.2 Å². The average Bonchev–Trinajstić information content (AvgIpc) is 3.29. The number of benzene rings is 1. The highest BCUT2D eigenvalue weighted by atomic mass is 16.5. The Hall–Kier alpha value is -1.87. The van der Waals surface area contributed by atoms with Gasteiger partial charge in [-0.2, -0.15) is 0 Å². The normalized spacial score (nSPS) is 14.2. The fourth-order valence-corrected chi connectivity index (χ4v) is 2.11. The molecular weight excluding hydrogens is 248 g/mol. The van der Waals surface area contributed by atoms with E-state index in [4.69, 9.17) is 4.74 Å². The lowest BCUT2D eigenvalue weighted by molar-refractivity contribution is 0.299. The summed E-state index contributed by atoms with van der Waals surface area (Å²) >= 11 is 0. The Kier molecular flexibility index (Phi) is 3.97. The number of nitrogens with zero attached hydrogens (tertiary/aromatic N) is 1. The number of nitrogens with one attached hydrogen (secondary N) is 1. The van der Waals surface area contributed by atoms with Gasteiger partial charge in [0.25, 0.3) is 0 Å². The predicted molar refractivity (Wildman–Crippen MR) is 79.6 cm³/mol. The lowest BCUT2D eigenvalue weighted by Crippen LogP contribution is -2.16. The number of hydrogen-bond acceptors (Lipinski definition) is 3. The van der Waals surface area contributed by atoms with Crippen molar-refractivity contribution in [3.05, 3.63) is 59.4 Å². The summed E-state index contributed by atoms with van der Waals surface area (Å²) in [6.07, 6.45) is 2.60. The van der Waals surface area contributed by atoms with Crippen LogP contribution in [0, 0.1) is 6.92 Å². The number of para-hydroxylation sites is 1. The van der Waals surface area contributed by atoms with Gasteiger partial charge in [0.2, 0.25) is 0 Å². The molecule has 0 aliphatic heterocycles. The maximum atomic E-state index is 5.83. The van der Waals surface area contributed by atoms with Crippen molar-refractivity contribution in [1.29, 1.82) is 0 Å². The van der Waals surface area contributed by atoms with Crippen molar-refractivity contribution in [2.75, 3.05) is 0 Å². The van der Waals surface area contributed by atoms with E-state index in [-0.39, 0.29) is 0 Å². The molecule has 0 atom stereocenters. The van der Waals surface area contributed by atoms with Crippen LogP contribution in [0.5, 0.6) is 5.75 Å². The van der Waals surface area contributed by atoms with E-state index in [1.165, 1.54) is 12.8 Å². The SMILES string of the molecule is Cc1ccccc1OCc1cccc(CNC2CC2)n1. The van der Waals surface area contributed by atoms with Gasteiger partial charge in [-0.3, -0.25) is 4.98 Å². The molecule has 0 spiro atoms. The molecule has 1 aromatic carbocycles. The van der Waals surface area contributed by atoms with Gasteiger partial charge in [-0.15, -0.1) is 0 Å². The smallest absolute Gasteiger partial charge is 0.130 e. The van der Waals surface area contributed by atoms with Crippen molar-refractivity contribution in [3.63, 3.8) is 0 Å². The average molecular weight is 268 g/mol. The van der Waals surface area contributed by atoms with Gasteiger partial charge < -0.3 is 10.1 Å². The quantitative estimate of drug-likeness (QED) is 0.873. The van der Waals surface area contributed by atoms with Crippen molar-refractivity contribution in [3.8, 4) is 5.75 Å². The summed E-state index contributed by atoms with van der Waals surface area (Å²) in [6, 6.07) is 14.9. The second-order valence-corrected chi connectivity index (χ2v) is 5.33. The molecule has 0 saturated heterocycles. The van der Waals surface area contributed by atoms with E-state index in [0.29, 0.717) is 12.6 Å². The molecular formula is C17H20N2O. The molecule has 104 valence electrons. The molecule has 1 aliphatic carbocycles. The van der Waals surface area contributed by atoms with Crippen molar-refractivity contribution in [2.24, 2.45) is 0 Å². The summed E-state index contributed by atoms with van der Waals surface area (Å²) in [6.45, 7) is 3.42. The zero-order valence-corrected chi connectivity index (χ0v) is 11.8. The molecule has 1 aliphatic rings. The number of aryl methyl sites for hydroxylation is 1. The van der Waals surface area contributed by atoms with E-state index >= 15 is 0 Å². The second kappa shape index (κ2) is 6.06. The van der Waals surface area contributed by atoms with Crippen molar-refractivity contribution in [2.45, 2.75) is 39.0 Å². The number of aromatic nitrogens is 1. The molecule has 3 nitrogen and oxygen atoms in total. The lowest BCUT2D eigenvalue weighted by atomic mass is 10.2. The number of rotatable bonds is 6. The van der Waals surface area contributed by atoms with Crippen LogP contribution < -0.4 is 10.1 Å². The van der Waals surface area contributed by atoms with Crippen LogP contribution in [0.15, 0.2) is 42.5 Å². The van der Waals surface area contributed by atoms with Gasteiger partial charge in [0.05, 0.1) is 11.4 Å². The Morgan fingerprint density at radius 1 is 1.10 bits per heavy atom. The fraction of sp³-hybridized carbons (Fsp3) is 0.353. The van der Waals surface area contributed by atoms with Gasteiger partial charge in [-0.1, -0.05) is 24.3 Å². The first-order chi connectivity index (χ1) is 9.81. The van der Waals surface area contributed by atoms with Crippen molar-refractivity contribution in [1.82, 2.24) is 10.3 Å². The number of hydrogen-bond donors (Lipinski definition) is 1. The van der Waals surface area contributed by atoms with Crippen LogP contribution in [0.4, 0.5) is 0 Å². The molecule has 20 heavy (non-hydrogen) atoms. The van der Waals surface area contributed by atoms with Gasteiger partial charge in [0.15, 0.2) is 0 Å². The highest BCUT2D eigenvalue weighted by molar-refractivity contribution is 5.31. The van der Waals surface area contributed by atoms with Gasteiger partial charge >= 0.3 is 0 Å². The molecule has 1 aromatic heterocycles. The molecule has 3 rings (SSSR count). The van der Waals surface area contributed by atoms with Crippen LogP contribution in [0.2, 0.25) is 0 Å². The van der Waals surface area contributed by atoms with Gasteiger partial charge in [-0.25, -0.2) is 0 Å². The highest BCUT2D eigenvalue weighted by Crippen LogP contribution is 2.19. The Morgan fingerprint density at radius 2 is 1.90 bits per heavy atom. The molecule has 0 amide bonds. The minimum atomic E-state index is 0.516. The summed E-state index contributed by atoms with van der Waals surface area (Å²) in [7, 11) is 0. The maximum absolute atomic E-state index is 5.83. The molecule has 1 fully saturated rings. The molecule has 1 saturated carbocycles. The van der Waals surface area contributed by atoms with Crippen LogP contribution in [0.3, 0.4) is 0 Å². The summed E-state index contributed by atoms with van der Waals surface area (Å²) in [5.74, 6) is 0.927. The van der Waals surface area contributed by atoms with E-state index in [2.05, 4.69) is 29.4 Å². The fourth-order valence-electron chi connectivity index (χ4n) is 2.11. The molecule has 3 heteroatoms. The Bertz CT molecular complexity index is 579. The maximum Gasteiger partial charge on any atom is 0.130 e. The van der Waals surface area contributed by atoms with E-state index < -0.39 is 0 Å². The number of pyridine rings is 1. The first-order valence-electron chi connectivity index (χ1n) is 7.18. The van der Waals surface area contributed by atoms with Crippen LogP contribution in [0.25, 0.3) is 0 Å². The molecule has 0 unspecified atom stereocenters. The Balaban J connectivity index is 1.59. The summed E-state index contributed by atoms with van der Waals surface area (Å²) in [4.78, 5) is 4.63. The zero-order chi connectivity index (χ0) is 13.8. The molecule has 2 aromatic rings. The third-order valence-electron chi connectivity index (χ3n) is 3.48. The molecule has 0 bridgehead atoms. The minimum absolute atomic E-state index is 0.516. The van der Waals surface area contributed by atoms with Crippen molar-refractivity contribution >= 4 is 0 Å². The topological polar surface area (TPSA) is 34.1 Å². The highest BCUT2D eigenvalue weighted by Gasteiger charge is 2.20.